The first kappa shape index (κ1) is 16.3. The first-order valence-electron chi connectivity index (χ1n) is 7.14. The lowest BCUT2D eigenvalue weighted by atomic mass is 9.95. The fourth-order valence-electron chi connectivity index (χ4n) is 3.05. The topological polar surface area (TPSA) is 57.6 Å². The molecule has 1 amide bonds. The van der Waals surface area contributed by atoms with Gasteiger partial charge in [0.25, 0.3) is 0 Å². The van der Waals surface area contributed by atoms with E-state index in [9.17, 15) is 14.7 Å². The molecular weight excluding hydrogens is 310 g/mol. The number of carbonyl (C=O) groups is 2. The molecular formula is C15H20ClNO3S. The normalized spacial score (nSPS) is 25.0. The first-order valence-corrected chi connectivity index (χ1v) is 8.33. The highest BCUT2D eigenvalue weighted by molar-refractivity contribution is 7.16. The fraction of sp³-hybridized carbons (Fsp3) is 0.600. The highest BCUT2D eigenvalue weighted by Gasteiger charge is 2.43. The van der Waals surface area contributed by atoms with Gasteiger partial charge < -0.3 is 10.0 Å². The van der Waals surface area contributed by atoms with Crippen molar-refractivity contribution in [2.45, 2.75) is 32.7 Å². The van der Waals surface area contributed by atoms with Crippen LogP contribution in [0, 0.1) is 17.8 Å². The largest absolute Gasteiger partial charge is 0.481 e. The predicted octanol–water partition coefficient (Wildman–Crippen LogP) is 3.50. The Morgan fingerprint density at radius 1 is 1.38 bits per heavy atom. The number of amides is 1. The summed E-state index contributed by atoms with van der Waals surface area (Å²) in [7, 11) is 1.73. The SMILES string of the molecule is CCC1CC(C(=O)O)C(C(=O)N(C)Cc2ccc(Cl)s2)C1. The second-order valence-electron chi connectivity index (χ2n) is 5.70. The molecule has 1 aromatic rings. The summed E-state index contributed by atoms with van der Waals surface area (Å²) in [4.78, 5) is 26.6. The summed E-state index contributed by atoms with van der Waals surface area (Å²) >= 11 is 7.33. The van der Waals surface area contributed by atoms with Crippen molar-refractivity contribution in [3.05, 3.63) is 21.3 Å². The van der Waals surface area contributed by atoms with Crippen molar-refractivity contribution in [3.63, 3.8) is 0 Å². The molecule has 0 spiro atoms. The van der Waals surface area contributed by atoms with E-state index in [4.69, 9.17) is 11.6 Å². The van der Waals surface area contributed by atoms with Gasteiger partial charge in [0.1, 0.15) is 0 Å². The summed E-state index contributed by atoms with van der Waals surface area (Å²) in [5.41, 5.74) is 0. The Kier molecular flexibility index (Phi) is 5.27. The molecule has 0 saturated heterocycles. The van der Waals surface area contributed by atoms with E-state index in [1.54, 1.807) is 11.9 Å². The lowest BCUT2D eigenvalue weighted by molar-refractivity contribution is -0.148. The minimum Gasteiger partial charge on any atom is -0.481 e. The number of hydrogen-bond donors (Lipinski definition) is 1. The van der Waals surface area contributed by atoms with Gasteiger partial charge in [0.2, 0.25) is 5.91 Å². The average molecular weight is 330 g/mol. The van der Waals surface area contributed by atoms with E-state index >= 15 is 0 Å². The van der Waals surface area contributed by atoms with Crippen molar-refractivity contribution < 1.29 is 14.7 Å². The van der Waals surface area contributed by atoms with E-state index in [0.717, 1.165) is 11.3 Å². The minimum atomic E-state index is -0.850. The zero-order chi connectivity index (χ0) is 15.6. The number of carboxylic acid groups (broad SMARTS) is 1. The Labute approximate surface area is 133 Å². The Hall–Kier alpha value is -1.07. The van der Waals surface area contributed by atoms with Gasteiger partial charge >= 0.3 is 5.97 Å². The molecule has 1 aliphatic rings. The van der Waals surface area contributed by atoms with Crippen LogP contribution in [0.15, 0.2) is 12.1 Å². The molecule has 4 nitrogen and oxygen atoms in total. The van der Waals surface area contributed by atoms with E-state index in [0.29, 0.717) is 29.6 Å². The molecule has 1 aromatic heterocycles. The van der Waals surface area contributed by atoms with Gasteiger partial charge in [-0.2, -0.15) is 0 Å². The third-order valence-electron chi connectivity index (χ3n) is 4.27. The van der Waals surface area contributed by atoms with Crippen LogP contribution in [0.25, 0.3) is 0 Å². The monoisotopic (exact) mass is 329 g/mol. The molecule has 21 heavy (non-hydrogen) atoms. The van der Waals surface area contributed by atoms with E-state index < -0.39 is 17.8 Å². The predicted molar refractivity (Wildman–Crippen MR) is 83.4 cm³/mol. The van der Waals surface area contributed by atoms with Crippen LogP contribution in [-0.4, -0.2) is 28.9 Å². The number of carboxylic acids is 1. The molecule has 1 heterocycles. The average Bonchev–Trinajstić information content (AvgIpc) is 3.04. The molecule has 0 radical (unpaired) electrons. The maximum absolute atomic E-state index is 12.6. The number of aliphatic carboxylic acids is 1. The maximum atomic E-state index is 12.6. The summed E-state index contributed by atoms with van der Waals surface area (Å²) in [6.45, 7) is 2.53. The molecule has 3 atom stereocenters. The zero-order valence-corrected chi connectivity index (χ0v) is 13.8. The van der Waals surface area contributed by atoms with E-state index in [-0.39, 0.29) is 5.91 Å². The molecule has 1 N–H and O–H groups in total. The van der Waals surface area contributed by atoms with Gasteiger partial charge in [-0.15, -0.1) is 11.3 Å². The minimum absolute atomic E-state index is 0.0668. The van der Waals surface area contributed by atoms with Crippen molar-refractivity contribution in [2.24, 2.45) is 17.8 Å². The number of nitrogens with zero attached hydrogens (tertiary/aromatic N) is 1. The van der Waals surface area contributed by atoms with Crippen LogP contribution in [-0.2, 0) is 16.1 Å². The summed E-state index contributed by atoms with van der Waals surface area (Å²) in [5.74, 6) is -1.52. The van der Waals surface area contributed by atoms with Crippen LogP contribution in [0.5, 0.6) is 0 Å². The molecule has 1 saturated carbocycles. The van der Waals surface area contributed by atoms with Gasteiger partial charge in [0, 0.05) is 11.9 Å². The number of halogens is 1. The van der Waals surface area contributed by atoms with Gasteiger partial charge in [0.05, 0.1) is 22.7 Å². The van der Waals surface area contributed by atoms with Gasteiger partial charge in [-0.05, 0) is 30.9 Å². The second kappa shape index (κ2) is 6.79. The summed E-state index contributed by atoms with van der Waals surface area (Å²) < 4.78 is 0.696. The van der Waals surface area contributed by atoms with Crippen LogP contribution < -0.4 is 0 Å². The molecule has 6 heteroatoms. The van der Waals surface area contributed by atoms with Gasteiger partial charge in [-0.25, -0.2) is 0 Å². The van der Waals surface area contributed by atoms with Crippen molar-refractivity contribution in [2.75, 3.05) is 7.05 Å². The number of thiophene rings is 1. The van der Waals surface area contributed by atoms with E-state index in [1.165, 1.54) is 11.3 Å². The van der Waals surface area contributed by atoms with Crippen LogP contribution >= 0.6 is 22.9 Å². The molecule has 3 unspecified atom stereocenters. The van der Waals surface area contributed by atoms with Crippen molar-refractivity contribution in [1.82, 2.24) is 4.90 Å². The summed E-state index contributed by atoms with van der Waals surface area (Å²) in [6.07, 6.45) is 2.22. The number of hydrogen-bond acceptors (Lipinski definition) is 3. The Balaban J connectivity index is 2.05. The quantitative estimate of drug-likeness (QED) is 0.899. The van der Waals surface area contributed by atoms with Gasteiger partial charge in [-0.3, -0.25) is 9.59 Å². The lowest BCUT2D eigenvalue weighted by Crippen LogP contribution is -2.36. The lowest BCUT2D eigenvalue weighted by Gasteiger charge is -2.23. The van der Waals surface area contributed by atoms with Gasteiger partial charge in [0.15, 0.2) is 0 Å². The van der Waals surface area contributed by atoms with Crippen LogP contribution in [0.2, 0.25) is 4.34 Å². The van der Waals surface area contributed by atoms with E-state index in [1.807, 2.05) is 19.1 Å². The Morgan fingerprint density at radius 2 is 2.05 bits per heavy atom. The first-order chi connectivity index (χ1) is 9.92. The third-order valence-corrected chi connectivity index (χ3v) is 5.49. The molecule has 116 valence electrons. The number of carbonyl (C=O) groups excluding carboxylic acids is 1. The van der Waals surface area contributed by atoms with Crippen LogP contribution in [0.3, 0.4) is 0 Å². The second-order valence-corrected chi connectivity index (χ2v) is 7.50. The summed E-state index contributed by atoms with van der Waals surface area (Å²) in [5, 5.41) is 9.33. The van der Waals surface area contributed by atoms with E-state index in [2.05, 4.69) is 0 Å². The zero-order valence-electron chi connectivity index (χ0n) is 12.2. The smallest absolute Gasteiger partial charge is 0.307 e. The van der Waals surface area contributed by atoms with Crippen LogP contribution in [0.1, 0.15) is 31.1 Å². The molecule has 0 aromatic carbocycles. The highest BCUT2D eigenvalue weighted by atomic mass is 35.5. The summed E-state index contributed by atoms with van der Waals surface area (Å²) in [6, 6.07) is 3.71. The Morgan fingerprint density at radius 3 is 2.57 bits per heavy atom. The van der Waals surface area contributed by atoms with Gasteiger partial charge in [-0.1, -0.05) is 24.9 Å². The van der Waals surface area contributed by atoms with Crippen molar-refractivity contribution in [1.29, 1.82) is 0 Å². The van der Waals surface area contributed by atoms with Crippen LogP contribution in [0.4, 0.5) is 0 Å². The van der Waals surface area contributed by atoms with Crippen molar-refractivity contribution >= 4 is 34.8 Å². The standard InChI is InChI=1S/C15H20ClNO3S/c1-3-9-6-11(12(7-9)15(19)20)14(18)17(2)8-10-4-5-13(16)21-10/h4-5,9,11-12H,3,6-8H2,1-2H3,(H,19,20). The Bertz CT molecular complexity index is 531. The molecule has 0 bridgehead atoms. The molecule has 1 aliphatic carbocycles. The number of rotatable bonds is 5. The third kappa shape index (κ3) is 3.77. The maximum Gasteiger partial charge on any atom is 0.307 e. The highest BCUT2D eigenvalue weighted by Crippen LogP contribution is 2.39. The molecule has 2 rings (SSSR count). The van der Waals surface area contributed by atoms with Crippen molar-refractivity contribution in [3.8, 4) is 0 Å². The molecule has 1 fully saturated rings. The molecule has 0 aliphatic heterocycles. The fourth-order valence-corrected chi connectivity index (χ4v) is 4.19.